The van der Waals surface area contributed by atoms with Crippen LogP contribution in [0.5, 0.6) is 0 Å². The quantitative estimate of drug-likeness (QED) is 0.875. The van der Waals surface area contributed by atoms with Crippen LogP contribution in [0, 0.1) is 0 Å². The van der Waals surface area contributed by atoms with Gasteiger partial charge in [0, 0.05) is 33.9 Å². The molecule has 0 spiro atoms. The highest BCUT2D eigenvalue weighted by molar-refractivity contribution is 7.10. The Bertz CT molecular complexity index is 582. The van der Waals surface area contributed by atoms with Crippen molar-refractivity contribution < 1.29 is 4.39 Å². The van der Waals surface area contributed by atoms with E-state index in [1.807, 2.05) is 0 Å². The van der Waals surface area contributed by atoms with Crippen LogP contribution >= 0.6 is 11.3 Å². The normalized spacial score (nSPS) is 23.1. The average Bonchev–Trinajstić information content (AvgIpc) is 2.96. The summed E-state index contributed by atoms with van der Waals surface area (Å²) in [5.74, 6) is 0.705. The fourth-order valence-corrected chi connectivity index (χ4v) is 3.92. The molecular weight excluding hydrogens is 247 g/mol. The van der Waals surface area contributed by atoms with Crippen LogP contribution in [0.1, 0.15) is 41.3 Å². The summed E-state index contributed by atoms with van der Waals surface area (Å²) in [6, 6.07) is 2.18. The highest BCUT2D eigenvalue weighted by Crippen LogP contribution is 2.41. The van der Waals surface area contributed by atoms with Crippen LogP contribution in [-0.4, -0.2) is 16.4 Å². The molecule has 2 aliphatic rings. The average molecular weight is 262 g/mol. The molecule has 2 nitrogen and oxygen atoms in total. The van der Waals surface area contributed by atoms with Crippen molar-refractivity contribution in [1.82, 2.24) is 10.2 Å². The van der Waals surface area contributed by atoms with Gasteiger partial charge < -0.3 is 0 Å². The molecule has 1 atom stereocenters. The lowest BCUT2D eigenvalue weighted by Crippen LogP contribution is -2.12. The highest BCUT2D eigenvalue weighted by atomic mass is 32.1. The van der Waals surface area contributed by atoms with Crippen LogP contribution in [0.25, 0.3) is 11.3 Å². The summed E-state index contributed by atoms with van der Waals surface area (Å²) < 4.78 is 13.4. The number of thiophene rings is 1. The van der Waals surface area contributed by atoms with Crippen molar-refractivity contribution in [3.05, 3.63) is 27.6 Å². The number of hydrogen-bond acceptors (Lipinski definition) is 2. The van der Waals surface area contributed by atoms with Gasteiger partial charge in [-0.05, 0) is 37.3 Å². The molecule has 0 aromatic carbocycles. The number of rotatable bonds is 2. The van der Waals surface area contributed by atoms with E-state index in [9.17, 15) is 4.39 Å². The van der Waals surface area contributed by atoms with Gasteiger partial charge in [0.2, 0.25) is 0 Å². The molecule has 0 amide bonds. The number of nitrogens with zero attached hydrogens (tertiary/aromatic N) is 1. The van der Waals surface area contributed by atoms with Crippen LogP contribution in [0.15, 0.2) is 11.4 Å². The number of halogens is 1. The van der Waals surface area contributed by atoms with Gasteiger partial charge in [-0.15, -0.1) is 11.3 Å². The summed E-state index contributed by atoms with van der Waals surface area (Å²) in [6.45, 7) is 0. The summed E-state index contributed by atoms with van der Waals surface area (Å²) in [6.07, 6.45) is 4.04. The minimum atomic E-state index is -0.648. The summed E-state index contributed by atoms with van der Waals surface area (Å²) in [7, 11) is 0. The topological polar surface area (TPSA) is 28.7 Å². The molecule has 2 heterocycles. The smallest absolute Gasteiger partial charge is 0.105 e. The zero-order valence-corrected chi connectivity index (χ0v) is 10.9. The first-order chi connectivity index (χ1) is 8.81. The van der Waals surface area contributed by atoms with Crippen LogP contribution in [0.3, 0.4) is 0 Å². The van der Waals surface area contributed by atoms with Gasteiger partial charge >= 0.3 is 0 Å². The molecule has 4 rings (SSSR count). The third-order valence-corrected chi connectivity index (χ3v) is 5.04. The SMILES string of the molecule is F[C@@H]1CCc2c(-c3cc(C4CC4)[nH]n3)csc2C1. The standard InChI is InChI=1S/C14H15FN2S/c15-9-3-4-10-11(7-18-14(10)5-9)13-6-12(16-17-13)8-1-2-8/h6-9H,1-5H2,(H,16,17)/t9-/m1/s1. The number of alkyl halides is 1. The van der Waals surface area contributed by atoms with Crippen molar-refractivity contribution >= 4 is 11.3 Å². The minimum Gasteiger partial charge on any atom is -0.282 e. The van der Waals surface area contributed by atoms with E-state index >= 15 is 0 Å². The Morgan fingerprint density at radius 2 is 2.22 bits per heavy atom. The second-order valence-electron chi connectivity index (χ2n) is 5.37. The first-order valence-electron chi connectivity index (χ1n) is 6.60. The molecule has 18 heavy (non-hydrogen) atoms. The number of H-pyrrole nitrogens is 1. The van der Waals surface area contributed by atoms with E-state index in [-0.39, 0.29) is 0 Å². The molecule has 0 unspecified atom stereocenters. The summed E-state index contributed by atoms with van der Waals surface area (Å²) in [4.78, 5) is 1.22. The fraction of sp³-hybridized carbons (Fsp3) is 0.500. The zero-order chi connectivity index (χ0) is 12.1. The Hall–Kier alpha value is -1.16. The lowest BCUT2D eigenvalue weighted by atomic mass is 9.93. The molecule has 1 saturated carbocycles. The monoisotopic (exact) mass is 262 g/mol. The van der Waals surface area contributed by atoms with Crippen LogP contribution < -0.4 is 0 Å². The summed E-state index contributed by atoms with van der Waals surface area (Å²) in [5.41, 5.74) is 4.88. The lowest BCUT2D eigenvalue weighted by Gasteiger charge is -2.15. The van der Waals surface area contributed by atoms with Crippen LogP contribution in [0.2, 0.25) is 0 Å². The molecule has 2 aromatic rings. The lowest BCUT2D eigenvalue weighted by molar-refractivity contribution is 0.304. The second-order valence-corrected chi connectivity index (χ2v) is 6.34. The predicted molar refractivity (Wildman–Crippen MR) is 70.8 cm³/mol. The zero-order valence-electron chi connectivity index (χ0n) is 10.1. The molecular formula is C14H15FN2S. The Balaban J connectivity index is 1.71. The van der Waals surface area contributed by atoms with Crippen LogP contribution in [-0.2, 0) is 12.8 Å². The van der Waals surface area contributed by atoms with Crippen molar-refractivity contribution in [1.29, 1.82) is 0 Å². The van der Waals surface area contributed by atoms with E-state index in [1.165, 1.54) is 34.5 Å². The minimum absolute atomic E-state index is 0.597. The van der Waals surface area contributed by atoms with E-state index < -0.39 is 6.17 Å². The van der Waals surface area contributed by atoms with Gasteiger partial charge in [-0.25, -0.2) is 4.39 Å². The van der Waals surface area contributed by atoms with Crippen molar-refractivity contribution in [3.8, 4) is 11.3 Å². The molecule has 1 fully saturated rings. The number of aromatic amines is 1. The Morgan fingerprint density at radius 3 is 3.06 bits per heavy atom. The van der Waals surface area contributed by atoms with E-state index in [2.05, 4.69) is 21.6 Å². The molecule has 0 saturated heterocycles. The highest BCUT2D eigenvalue weighted by Gasteiger charge is 2.27. The van der Waals surface area contributed by atoms with Gasteiger partial charge in [0.1, 0.15) is 6.17 Å². The summed E-state index contributed by atoms with van der Waals surface area (Å²) >= 11 is 1.69. The fourth-order valence-electron chi connectivity index (χ4n) is 2.77. The molecule has 2 aromatic heterocycles. The second kappa shape index (κ2) is 3.92. The maximum absolute atomic E-state index is 13.4. The third kappa shape index (κ3) is 1.70. The third-order valence-electron chi connectivity index (χ3n) is 3.99. The maximum Gasteiger partial charge on any atom is 0.105 e. The van der Waals surface area contributed by atoms with Gasteiger partial charge in [0.05, 0.1) is 5.69 Å². The van der Waals surface area contributed by atoms with Crippen molar-refractivity contribution in [3.63, 3.8) is 0 Å². The van der Waals surface area contributed by atoms with Gasteiger partial charge in [0.25, 0.3) is 0 Å². The first kappa shape index (κ1) is 10.7. The number of hydrogen-bond donors (Lipinski definition) is 1. The van der Waals surface area contributed by atoms with E-state index in [0.717, 1.165) is 12.1 Å². The summed E-state index contributed by atoms with van der Waals surface area (Å²) in [5, 5.41) is 9.74. The number of nitrogens with one attached hydrogen (secondary N) is 1. The van der Waals surface area contributed by atoms with Gasteiger partial charge in [-0.3, -0.25) is 5.10 Å². The molecule has 0 radical (unpaired) electrons. The molecule has 0 aliphatic heterocycles. The molecule has 4 heteroatoms. The Kier molecular flexibility index (Phi) is 2.34. The van der Waals surface area contributed by atoms with E-state index in [0.29, 0.717) is 18.8 Å². The van der Waals surface area contributed by atoms with Gasteiger partial charge in [0.15, 0.2) is 0 Å². The van der Waals surface area contributed by atoms with Gasteiger partial charge in [-0.2, -0.15) is 5.10 Å². The van der Waals surface area contributed by atoms with E-state index in [1.54, 1.807) is 11.3 Å². The molecule has 2 aliphatic carbocycles. The predicted octanol–water partition coefficient (Wildman–Crippen LogP) is 3.84. The first-order valence-corrected chi connectivity index (χ1v) is 7.48. The molecule has 94 valence electrons. The van der Waals surface area contributed by atoms with Crippen LogP contribution in [0.4, 0.5) is 4.39 Å². The van der Waals surface area contributed by atoms with Crippen molar-refractivity contribution in [2.45, 2.75) is 44.2 Å². The van der Waals surface area contributed by atoms with E-state index in [4.69, 9.17) is 0 Å². The number of fused-ring (bicyclic) bond motifs is 1. The molecule has 0 bridgehead atoms. The van der Waals surface area contributed by atoms with Gasteiger partial charge in [-0.1, -0.05) is 0 Å². The Labute approximate surface area is 109 Å². The number of aromatic nitrogens is 2. The largest absolute Gasteiger partial charge is 0.282 e. The van der Waals surface area contributed by atoms with Crippen molar-refractivity contribution in [2.75, 3.05) is 0 Å². The molecule has 1 N–H and O–H groups in total. The Morgan fingerprint density at radius 1 is 1.33 bits per heavy atom. The van der Waals surface area contributed by atoms with Crippen molar-refractivity contribution in [2.24, 2.45) is 0 Å². The maximum atomic E-state index is 13.4.